The molecule has 4 heteroatoms. The molecular formula is C22H24N2O2. The van der Waals surface area contributed by atoms with E-state index >= 15 is 0 Å². The van der Waals surface area contributed by atoms with Gasteiger partial charge in [-0.2, -0.15) is 0 Å². The van der Waals surface area contributed by atoms with Gasteiger partial charge >= 0.3 is 0 Å². The highest BCUT2D eigenvalue weighted by molar-refractivity contribution is 5.96. The van der Waals surface area contributed by atoms with Crippen molar-refractivity contribution < 1.29 is 9.59 Å². The molecule has 2 aromatic rings. The predicted octanol–water partition coefficient (Wildman–Crippen LogP) is 3.77. The van der Waals surface area contributed by atoms with Crippen LogP contribution in [0.3, 0.4) is 0 Å². The topological polar surface area (TPSA) is 58.2 Å². The lowest BCUT2D eigenvalue weighted by Gasteiger charge is -2.43. The van der Waals surface area contributed by atoms with E-state index in [4.69, 9.17) is 0 Å². The first-order chi connectivity index (χ1) is 12.7. The summed E-state index contributed by atoms with van der Waals surface area (Å²) in [5.74, 6) is -0.0668. The number of benzene rings is 2. The number of para-hydroxylation sites is 1. The molecule has 4 rings (SSSR count). The summed E-state index contributed by atoms with van der Waals surface area (Å²) >= 11 is 0. The highest BCUT2D eigenvalue weighted by Gasteiger charge is 2.39. The molecule has 1 heterocycles. The molecule has 0 bridgehead atoms. The van der Waals surface area contributed by atoms with Gasteiger partial charge in [0.25, 0.3) is 0 Å². The van der Waals surface area contributed by atoms with Crippen LogP contribution in [0.5, 0.6) is 0 Å². The maximum atomic E-state index is 12.6. The van der Waals surface area contributed by atoms with Crippen LogP contribution in [0.4, 0.5) is 5.69 Å². The molecule has 1 aliphatic heterocycles. The van der Waals surface area contributed by atoms with E-state index < -0.39 is 0 Å². The molecule has 0 radical (unpaired) electrons. The van der Waals surface area contributed by atoms with Gasteiger partial charge in [-0.1, -0.05) is 48.5 Å². The van der Waals surface area contributed by atoms with Gasteiger partial charge in [0, 0.05) is 18.0 Å². The van der Waals surface area contributed by atoms with Crippen molar-refractivity contribution in [3.05, 3.63) is 65.7 Å². The molecule has 26 heavy (non-hydrogen) atoms. The number of rotatable bonds is 5. The fourth-order valence-corrected chi connectivity index (χ4v) is 4.05. The SMILES string of the molecule is O=C(CCC1Cc2ccccc2NC1=O)NC1(c2ccccc2)CCC1. The van der Waals surface area contributed by atoms with E-state index in [1.165, 1.54) is 5.56 Å². The summed E-state index contributed by atoms with van der Waals surface area (Å²) in [7, 11) is 0. The van der Waals surface area contributed by atoms with E-state index in [1.807, 2.05) is 42.5 Å². The molecule has 2 N–H and O–H groups in total. The van der Waals surface area contributed by atoms with Gasteiger partial charge in [-0.15, -0.1) is 0 Å². The van der Waals surface area contributed by atoms with Crippen molar-refractivity contribution in [2.45, 2.75) is 44.1 Å². The van der Waals surface area contributed by atoms with Crippen LogP contribution >= 0.6 is 0 Å². The number of fused-ring (bicyclic) bond motifs is 1. The summed E-state index contributed by atoms with van der Waals surface area (Å²) in [5, 5.41) is 6.21. The number of amides is 2. The van der Waals surface area contributed by atoms with Gasteiger partial charge in [-0.25, -0.2) is 0 Å². The molecule has 1 aliphatic carbocycles. The maximum absolute atomic E-state index is 12.6. The number of hydrogen-bond donors (Lipinski definition) is 2. The fourth-order valence-electron chi connectivity index (χ4n) is 4.05. The van der Waals surface area contributed by atoms with Gasteiger partial charge in [0.15, 0.2) is 0 Å². The van der Waals surface area contributed by atoms with E-state index in [0.717, 1.165) is 30.5 Å². The van der Waals surface area contributed by atoms with Gasteiger partial charge in [-0.3, -0.25) is 9.59 Å². The predicted molar refractivity (Wildman–Crippen MR) is 102 cm³/mol. The van der Waals surface area contributed by atoms with Gasteiger partial charge < -0.3 is 10.6 Å². The highest BCUT2D eigenvalue weighted by atomic mass is 16.2. The minimum Gasteiger partial charge on any atom is -0.347 e. The third kappa shape index (κ3) is 3.24. The number of carbonyl (C=O) groups is 2. The first-order valence-corrected chi connectivity index (χ1v) is 9.42. The Hall–Kier alpha value is -2.62. The second kappa shape index (κ2) is 6.94. The van der Waals surface area contributed by atoms with Gasteiger partial charge in [0.1, 0.15) is 0 Å². The van der Waals surface area contributed by atoms with Crippen molar-refractivity contribution in [3.8, 4) is 0 Å². The minimum atomic E-state index is -0.209. The maximum Gasteiger partial charge on any atom is 0.227 e. The van der Waals surface area contributed by atoms with E-state index in [0.29, 0.717) is 19.3 Å². The molecule has 2 aromatic carbocycles. The third-order valence-electron chi connectivity index (χ3n) is 5.74. The first kappa shape index (κ1) is 16.8. The molecule has 2 amide bonds. The lowest BCUT2D eigenvalue weighted by atomic mass is 9.71. The van der Waals surface area contributed by atoms with E-state index in [9.17, 15) is 9.59 Å². The average molecular weight is 348 g/mol. The quantitative estimate of drug-likeness (QED) is 0.864. The Morgan fingerprint density at radius 2 is 1.81 bits per heavy atom. The average Bonchev–Trinajstić information content (AvgIpc) is 2.63. The van der Waals surface area contributed by atoms with Crippen LogP contribution in [0, 0.1) is 5.92 Å². The zero-order chi connectivity index (χ0) is 18.0. The van der Waals surface area contributed by atoms with E-state index in [-0.39, 0.29) is 23.3 Å². The Morgan fingerprint density at radius 3 is 2.54 bits per heavy atom. The number of hydrogen-bond acceptors (Lipinski definition) is 2. The van der Waals surface area contributed by atoms with Crippen LogP contribution in [0.1, 0.15) is 43.2 Å². The Balaban J connectivity index is 1.36. The van der Waals surface area contributed by atoms with Gasteiger partial charge in [0.2, 0.25) is 11.8 Å². The summed E-state index contributed by atoms with van der Waals surface area (Å²) in [6.07, 6.45) is 4.78. The second-order valence-electron chi connectivity index (χ2n) is 7.44. The molecule has 0 saturated heterocycles. The molecule has 2 aliphatic rings. The summed E-state index contributed by atoms with van der Waals surface area (Å²) < 4.78 is 0. The van der Waals surface area contributed by atoms with Crippen molar-refractivity contribution >= 4 is 17.5 Å². The summed E-state index contributed by atoms with van der Waals surface area (Å²) in [5.41, 5.74) is 3.02. The van der Waals surface area contributed by atoms with E-state index in [1.54, 1.807) is 0 Å². The summed E-state index contributed by atoms with van der Waals surface area (Å²) in [4.78, 5) is 24.9. The Kier molecular flexibility index (Phi) is 4.49. The van der Waals surface area contributed by atoms with Crippen LogP contribution in [0.2, 0.25) is 0 Å². The second-order valence-corrected chi connectivity index (χ2v) is 7.44. The summed E-state index contributed by atoms with van der Waals surface area (Å²) in [6, 6.07) is 18.1. The van der Waals surface area contributed by atoms with Crippen LogP contribution in [-0.2, 0) is 21.5 Å². The third-order valence-corrected chi connectivity index (χ3v) is 5.74. The monoisotopic (exact) mass is 348 g/mol. The van der Waals surface area contributed by atoms with Crippen LogP contribution < -0.4 is 10.6 Å². The van der Waals surface area contributed by atoms with Crippen LogP contribution in [0.25, 0.3) is 0 Å². The number of anilines is 1. The first-order valence-electron chi connectivity index (χ1n) is 9.42. The lowest BCUT2D eigenvalue weighted by Crippen LogP contribution is -2.50. The zero-order valence-corrected chi connectivity index (χ0v) is 14.8. The molecule has 1 saturated carbocycles. The smallest absolute Gasteiger partial charge is 0.227 e. The zero-order valence-electron chi connectivity index (χ0n) is 14.8. The Bertz CT molecular complexity index is 812. The normalized spacial score (nSPS) is 20.5. The Labute approximate surface area is 154 Å². The van der Waals surface area contributed by atoms with Crippen molar-refractivity contribution in [3.63, 3.8) is 0 Å². The minimum absolute atomic E-state index is 0.0258. The summed E-state index contributed by atoms with van der Waals surface area (Å²) in [6.45, 7) is 0. The van der Waals surface area contributed by atoms with Crippen LogP contribution in [-0.4, -0.2) is 11.8 Å². The van der Waals surface area contributed by atoms with Crippen molar-refractivity contribution in [1.82, 2.24) is 5.32 Å². The fraction of sp³-hybridized carbons (Fsp3) is 0.364. The van der Waals surface area contributed by atoms with Crippen LogP contribution in [0.15, 0.2) is 54.6 Å². The molecule has 0 aromatic heterocycles. The molecule has 1 atom stereocenters. The van der Waals surface area contributed by atoms with Gasteiger partial charge in [0.05, 0.1) is 5.54 Å². The molecular weight excluding hydrogens is 324 g/mol. The lowest BCUT2D eigenvalue weighted by molar-refractivity contribution is -0.125. The highest BCUT2D eigenvalue weighted by Crippen LogP contribution is 2.41. The molecule has 1 unspecified atom stereocenters. The van der Waals surface area contributed by atoms with Crippen molar-refractivity contribution in [2.24, 2.45) is 5.92 Å². The molecule has 0 spiro atoms. The van der Waals surface area contributed by atoms with Crippen molar-refractivity contribution in [1.29, 1.82) is 0 Å². The largest absolute Gasteiger partial charge is 0.347 e. The number of carbonyl (C=O) groups excluding carboxylic acids is 2. The standard InChI is InChI=1S/C22H24N2O2/c25-20(24-22(13-6-14-22)18-8-2-1-3-9-18)12-11-17-15-16-7-4-5-10-19(16)23-21(17)26/h1-5,7-10,17H,6,11-15H2,(H,23,26)(H,24,25). The number of nitrogens with one attached hydrogen (secondary N) is 2. The molecule has 4 nitrogen and oxygen atoms in total. The molecule has 1 fully saturated rings. The van der Waals surface area contributed by atoms with Crippen molar-refractivity contribution in [2.75, 3.05) is 5.32 Å². The molecule has 134 valence electrons. The Morgan fingerprint density at radius 1 is 1.08 bits per heavy atom. The van der Waals surface area contributed by atoms with Gasteiger partial charge in [-0.05, 0) is 49.3 Å². The van der Waals surface area contributed by atoms with E-state index in [2.05, 4.69) is 22.8 Å².